The van der Waals surface area contributed by atoms with Crippen LogP contribution in [-0.4, -0.2) is 10.9 Å². The van der Waals surface area contributed by atoms with E-state index < -0.39 is 0 Å². The highest BCUT2D eigenvalue weighted by Gasteiger charge is 2.20. The van der Waals surface area contributed by atoms with Gasteiger partial charge in [-0.1, -0.05) is 23.8 Å². The Balaban J connectivity index is 2.32. The first-order chi connectivity index (χ1) is 8.33. The van der Waals surface area contributed by atoms with Crippen molar-refractivity contribution in [3.8, 4) is 0 Å². The fourth-order valence-electron chi connectivity index (χ4n) is 2.14. The van der Waals surface area contributed by atoms with E-state index in [0.717, 1.165) is 23.0 Å². The second-order valence-corrected chi connectivity index (χ2v) is 3.80. The molecule has 86 valence electrons. The average molecular weight is 229 g/mol. The van der Waals surface area contributed by atoms with Crippen LogP contribution in [0.15, 0.2) is 36.7 Å². The summed E-state index contributed by atoms with van der Waals surface area (Å²) in [5.74, 6) is 0.759. The monoisotopic (exact) mass is 229 g/mol. The minimum absolute atomic E-state index is 0.644. The summed E-state index contributed by atoms with van der Waals surface area (Å²) < 4.78 is 1.95. The number of carbonyl (C=O) groups excluding carboxylic acids is 1. The fourth-order valence-corrected chi connectivity index (χ4v) is 2.14. The van der Waals surface area contributed by atoms with E-state index in [2.05, 4.69) is 5.59 Å². The Morgan fingerprint density at radius 2 is 2.18 bits per heavy atom. The molecule has 0 aliphatic carbocycles. The molecule has 0 spiro atoms. The maximum atomic E-state index is 11.3. The molecule has 0 unspecified atom stereocenters. The summed E-state index contributed by atoms with van der Waals surface area (Å²) in [6.07, 6.45) is 4.11. The van der Waals surface area contributed by atoms with Crippen molar-refractivity contribution < 1.29 is 9.63 Å². The van der Waals surface area contributed by atoms with Crippen LogP contribution in [0.25, 0.3) is 10.9 Å². The maximum Gasteiger partial charge on any atom is 0.154 e. The number of benzene rings is 1. The first-order valence-electron chi connectivity index (χ1n) is 5.22. The molecule has 0 radical (unpaired) electrons. The largest absolute Gasteiger partial charge is 0.395 e. The summed E-state index contributed by atoms with van der Waals surface area (Å²) in [4.78, 5) is 16.2. The highest BCUT2D eigenvalue weighted by atomic mass is 16.7. The molecule has 1 N–H and O–H groups in total. The predicted molar refractivity (Wildman–Crippen MR) is 64.1 cm³/mol. The Kier molecular flexibility index (Phi) is 2.12. The summed E-state index contributed by atoms with van der Waals surface area (Å²) >= 11 is 0. The summed E-state index contributed by atoms with van der Waals surface area (Å²) in [7, 11) is 1.92. The molecule has 0 saturated heterocycles. The number of hydrogen-bond acceptors (Lipinski definition) is 4. The Labute approximate surface area is 97.8 Å². The van der Waals surface area contributed by atoms with Crippen molar-refractivity contribution >= 4 is 23.0 Å². The zero-order valence-electron chi connectivity index (χ0n) is 9.25. The standard InChI is InChI=1S/C12H11N3O2/c1-14-11-5-3-2-4-9(11)10(8-16)12(14)15-6-7-17-13-15/h2-8,13H,1H3. The number of aldehydes is 1. The van der Waals surface area contributed by atoms with E-state index in [0.29, 0.717) is 5.56 Å². The average Bonchev–Trinajstić information content (AvgIpc) is 2.96. The SMILES string of the molecule is Cn1c(N2C=CON2)c(C=O)c2ccccc21. The van der Waals surface area contributed by atoms with Gasteiger partial charge in [-0.15, -0.1) is 0 Å². The molecule has 0 amide bonds. The zero-order valence-corrected chi connectivity index (χ0v) is 9.25. The summed E-state index contributed by atoms with van der Waals surface area (Å²) in [6, 6.07) is 7.78. The smallest absolute Gasteiger partial charge is 0.154 e. The lowest BCUT2D eigenvalue weighted by molar-refractivity contribution is 0.112. The predicted octanol–water partition coefficient (Wildman–Crippen LogP) is 1.72. The van der Waals surface area contributed by atoms with Crippen LogP contribution < -0.4 is 10.6 Å². The van der Waals surface area contributed by atoms with Crippen molar-refractivity contribution in [2.75, 3.05) is 5.01 Å². The van der Waals surface area contributed by atoms with Crippen molar-refractivity contribution in [3.63, 3.8) is 0 Å². The Morgan fingerprint density at radius 1 is 1.35 bits per heavy atom. The molecule has 2 aromatic rings. The number of hydrogen-bond donors (Lipinski definition) is 1. The van der Waals surface area contributed by atoms with Crippen LogP contribution in [0, 0.1) is 0 Å². The van der Waals surface area contributed by atoms with Crippen LogP contribution in [-0.2, 0) is 11.9 Å². The molecule has 1 aromatic carbocycles. The van der Waals surface area contributed by atoms with Crippen molar-refractivity contribution in [1.82, 2.24) is 10.2 Å². The van der Waals surface area contributed by atoms with Gasteiger partial charge in [-0.05, 0) is 6.07 Å². The number of fused-ring (bicyclic) bond motifs is 1. The van der Waals surface area contributed by atoms with Crippen LogP contribution in [0.1, 0.15) is 10.4 Å². The quantitative estimate of drug-likeness (QED) is 0.796. The number of nitrogens with zero attached hydrogens (tertiary/aromatic N) is 2. The summed E-state index contributed by atoms with van der Waals surface area (Å²) in [5, 5.41) is 2.60. The number of aryl methyl sites for hydroxylation is 1. The number of aromatic nitrogens is 1. The lowest BCUT2D eigenvalue weighted by Crippen LogP contribution is -2.29. The molecule has 0 atom stereocenters. The third-order valence-electron chi connectivity index (χ3n) is 2.89. The van der Waals surface area contributed by atoms with Crippen LogP contribution >= 0.6 is 0 Å². The van der Waals surface area contributed by atoms with Gasteiger partial charge in [-0.2, -0.15) is 0 Å². The van der Waals surface area contributed by atoms with E-state index in [9.17, 15) is 4.79 Å². The van der Waals surface area contributed by atoms with Gasteiger partial charge < -0.3 is 9.40 Å². The molecule has 5 heteroatoms. The molecule has 3 rings (SSSR count). The van der Waals surface area contributed by atoms with E-state index in [-0.39, 0.29) is 0 Å². The Bertz CT molecular complexity index is 615. The third kappa shape index (κ3) is 1.33. The first-order valence-corrected chi connectivity index (χ1v) is 5.22. The number of rotatable bonds is 2. The highest BCUT2D eigenvalue weighted by Crippen LogP contribution is 2.30. The molecule has 5 nitrogen and oxygen atoms in total. The molecule has 17 heavy (non-hydrogen) atoms. The molecule has 0 bridgehead atoms. The Hall–Kier alpha value is -2.27. The van der Waals surface area contributed by atoms with Crippen molar-refractivity contribution in [1.29, 1.82) is 0 Å². The van der Waals surface area contributed by atoms with Gasteiger partial charge in [0.1, 0.15) is 12.1 Å². The van der Waals surface area contributed by atoms with Gasteiger partial charge in [0, 0.05) is 12.4 Å². The lowest BCUT2D eigenvalue weighted by Gasteiger charge is -2.15. The zero-order chi connectivity index (χ0) is 11.8. The molecular formula is C12H11N3O2. The van der Waals surface area contributed by atoms with Gasteiger partial charge in [0.15, 0.2) is 6.29 Å². The first kappa shape index (κ1) is 9.92. The molecule has 0 fully saturated rings. The van der Waals surface area contributed by atoms with E-state index >= 15 is 0 Å². The van der Waals surface area contributed by atoms with Crippen LogP contribution in [0.2, 0.25) is 0 Å². The van der Waals surface area contributed by atoms with Crippen LogP contribution in [0.5, 0.6) is 0 Å². The minimum Gasteiger partial charge on any atom is -0.395 e. The molecule has 1 aromatic heterocycles. The fraction of sp³-hybridized carbons (Fsp3) is 0.0833. The summed E-state index contributed by atoms with van der Waals surface area (Å²) in [5.41, 5.74) is 4.34. The number of carbonyl (C=O) groups is 1. The van der Waals surface area contributed by atoms with E-state index in [1.807, 2.05) is 35.9 Å². The van der Waals surface area contributed by atoms with Gasteiger partial charge in [0.25, 0.3) is 0 Å². The second kappa shape index (κ2) is 3.64. The van der Waals surface area contributed by atoms with Gasteiger partial charge in [-0.3, -0.25) is 4.79 Å². The van der Waals surface area contributed by atoms with Crippen LogP contribution in [0.3, 0.4) is 0 Å². The van der Waals surface area contributed by atoms with Crippen molar-refractivity contribution in [2.24, 2.45) is 7.05 Å². The summed E-state index contributed by atoms with van der Waals surface area (Å²) in [6.45, 7) is 0. The second-order valence-electron chi connectivity index (χ2n) is 3.80. The number of hydrazine groups is 1. The topological polar surface area (TPSA) is 46.5 Å². The van der Waals surface area contributed by atoms with Crippen molar-refractivity contribution in [2.45, 2.75) is 0 Å². The van der Waals surface area contributed by atoms with Crippen molar-refractivity contribution in [3.05, 3.63) is 42.3 Å². The van der Waals surface area contributed by atoms with Gasteiger partial charge >= 0.3 is 0 Å². The normalized spacial score (nSPS) is 14.3. The molecular weight excluding hydrogens is 218 g/mol. The van der Waals surface area contributed by atoms with Gasteiger partial charge in [0.05, 0.1) is 17.3 Å². The van der Waals surface area contributed by atoms with Gasteiger partial charge in [0.2, 0.25) is 0 Å². The molecule has 2 heterocycles. The minimum atomic E-state index is 0.644. The van der Waals surface area contributed by atoms with E-state index in [1.165, 1.54) is 6.26 Å². The molecule has 0 saturated carbocycles. The maximum absolute atomic E-state index is 11.3. The molecule has 1 aliphatic heterocycles. The van der Waals surface area contributed by atoms with Gasteiger partial charge in [-0.25, -0.2) is 5.01 Å². The number of para-hydroxylation sites is 1. The molecule has 1 aliphatic rings. The lowest BCUT2D eigenvalue weighted by atomic mass is 10.2. The van der Waals surface area contributed by atoms with E-state index in [4.69, 9.17) is 4.84 Å². The van der Waals surface area contributed by atoms with E-state index in [1.54, 1.807) is 11.2 Å². The number of nitrogens with one attached hydrogen (secondary N) is 1. The number of anilines is 1. The Morgan fingerprint density at radius 3 is 2.88 bits per heavy atom. The third-order valence-corrected chi connectivity index (χ3v) is 2.89. The van der Waals surface area contributed by atoms with Crippen LogP contribution in [0.4, 0.5) is 5.82 Å². The highest BCUT2D eigenvalue weighted by molar-refractivity contribution is 6.04.